The molecule has 20 heavy (non-hydrogen) atoms. The Bertz CT molecular complexity index is 729. The summed E-state index contributed by atoms with van der Waals surface area (Å²) in [5, 5.41) is 6.84. The minimum absolute atomic E-state index is 0.122. The van der Waals surface area contributed by atoms with Gasteiger partial charge in [-0.25, -0.2) is 8.42 Å². The van der Waals surface area contributed by atoms with Gasteiger partial charge in [-0.2, -0.15) is 5.10 Å². The highest BCUT2D eigenvalue weighted by Gasteiger charge is 2.23. The normalized spacial score (nSPS) is 12.7. The molecule has 2 N–H and O–H groups in total. The van der Waals surface area contributed by atoms with Gasteiger partial charge in [0.15, 0.2) is 5.82 Å². The van der Waals surface area contributed by atoms with Crippen LogP contribution in [0.5, 0.6) is 0 Å². The molecule has 0 aliphatic rings. The monoisotopic (exact) mass is 441 g/mol. The fourth-order valence-electron chi connectivity index (χ4n) is 1.46. The first kappa shape index (κ1) is 16.0. The lowest BCUT2D eigenvalue weighted by Crippen LogP contribution is -2.13. The van der Waals surface area contributed by atoms with E-state index >= 15 is 0 Å². The number of nitrogens with zero attached hydrogens (tertiary/aromatic N) is 1. The van der Waals surface area contributed by atoms with Gasteiger partial charge in [-0.3, -0.25) is 9.82 Å². The van der Waals surface area contributed by atoms with Gasteiger partial charge in [0, 0.05) is 17.2 Å². The van der Waals surface area contributed by atoms with E-state index in [0.717, 1.165) is 9.48 Å². The summed E-state index contributed by atoms with van der Waals surface area (Å²) >= 11 is 7.81. The number of aromatic amines is 1. The number of rotatable bonds is 3. The van der Waals surface area contributed by atoms with Crippen LogP contribution in [0.15, 0.2) is 24.6 Å². The Balaban J connectivity index is 2.29. The van der Waals surface area contributed by atoms with Crippen molar-refractivity contribution < 1.29 is 8.42 Å². The van der Waals surface area contributed by atoms with E-state index in [-0.39, 0.29) is 16.1 Å². The van der Waals surface area contributed by atoms with Crippen LogP contribution < -0.4 is 4.72 Å². The van der Waals surface area contributed by atoms with Gasteiger partial charge in [0.25, 0.3) is 10.0 Å². The van der Waals surface area contributed by atoms with Crippen molar-refractivity contribution in [3.05, 3.63) is 25.4 Å². The standard InChI is InChI=1S/C11H13Br2N3O2S2/c1-11(2,3)7-5-9(15-14-7)16-20(17,18)6-4-8(12)19-10(6)13/h4-5H,1-3H3,(H2,14,15,16). The molecule has 0 aromatic carbocycles. The van der Waals surface area contributed by atoms with Gasteiger partial charge >= 0.3 is 0 Å². The van der Waals surface area contributed by atoms with E-state index in [0.29, 0.717) is 3.79 Å². The molecule has 2 rings (SSSR count). The lowest BCUT2D eigenvalue weighted by molar-refractivity contribution is 0.567. The molecule has 0 spiro atoms. The van der Waals surface area contributed by atoms with Crippen LogP contribution >= 0.6 is 43.2 Å². The van der Waals surface area contributed by atoms with Gasteiger partial charge in [-0.15, -0.1) is 11.3 Å². The largest absolute Gasteiger partial charge is 0.280 e. The number of aromatic nitrogens is 2. The first-order chi connectivity index (χ1) is 9.09. The number of hydrogen-bond donors (Lipinski definition) is 2. The Labute approximate surface area is 138 Å². The van der Waals surface area contributed by atoms with Crippen LogP contribution in [0.1, 0.15) is 26.5 Å². The molecule has 5 nitrogen and oxygen atoms in total. The molecule has 0 saturated heterocycles. The summed E-state index contributed by atoms with van der Waals surface area (Å²) in [6, 6.07) is 3.25. The third kappa shape index (κ3) is 3.44. The molecule has 0 radical (unpaired) electrons. The van der Waals surface area contributed by atoms with Crippen molar-refractivity contribution in [2.45, 2.75) is 31.1 Å². The molecule has 9 heteroatoms. The summed E-state index contributed by atoms with van der Waals surface area (Å²) < 4.78 is 28.3. The first-order valence-corrected chi connectivity index (χ1v) is 9.52. The number of sulfonamides is 1. The van der Waals surface area contributed by atoms with Crippen LogP contribution in [-0.4, -0.2) is 18.6 Å². The summed E-state index contributed by atoms with van der Waals surface area (Å²) in [6.45, 7) is 6.06. The van der Waals surface area contributed by atoms with Crippen molar-refractivity contribution in [2.24, 2.45) is 0 Å². The molecular formula is C11H13Br2N3O2S2. The van der Waals surface area contributed by atoms with E-state index in [4.69, 9.17) is 0 Å². The predicted molar refractivity (Wildman–Crippen MR) is 87.8 cm³/mol. The summed E-state index contributed by atoms with van der Waals surface area (Å²) in [4.78, 5) is 0.190. The van der Waals surface area contributed by atoms with Gasteiger partial charge in [0.05, 0.1) is 7.57 Å². The van der Waals surface area contributed by atoms with Gasteiger partial charge in [0.1, 0.15) is 4.90 Å². The van der Waals surface area contributed by atoms with Crippen molar-refractivity contribution in [3.63, 3.8) is 0 Å². The lowest BCUT2D eigenvalue weighted by atomic mass is 9.92. The zero-order chi connectivity index (χ0) is 15.1. The Morgan fingerprint density at radius 3 is 2.40 bits per heavy atom. The lowest BCUT2D eigenvalue weighted by Gasteiger charge is -2.14. The Hall–Kier alpha value is -0.380. The number of thiophene rings is 1. The predicted octanol–water partition coefficient (Wildman–Crippen LogP) is 4.09. The van der Waals surface area contributed by atoms with Gasteiger partial charge in [-0.05, 0) is 37.9 Å². The second-order valence-electron chi connectivity index (χ2n) is 5.21. The first-order valence-electron chi connectivity index (χ1n) is 5.63. The van der Waals surface area contributed by atoms with E-state index in [2.05, 4.69) is 46.8 Å². The number of nitrogens with one attached hydrogen (secondary N) is 2. The summed E-state index contributed by atoms with van der Waals surface area (Å²) in [5.41, 5.74) is 0.739. The molecule has 0 bridgehead atoms. The van der Waals surface area contributed by atoms with Crippen LogP contribution in [0.25, 0.3) is 0 Å². The van der Waals surface area contributed by atoms with E-state index in [9.17, 15) is 8.42 Å². The quantitative estimate of drug-likeness (QED) is 0.751. The average molecular weight is 443 g/mol. The van der Waals surface area contributed by atoms with Crippen molar-refractivity contribution in [1.82, 2.24) is 10.2 Å². The molecule has 0 aliphatic heterocycles. The van der Waals surface area contributed by atoms with Crippen molar-refractivity contribution in [2.75, 3.05) is 4.72 Å². The fraction of sp³-hybridized carbons (Fsp3) is 0.364. The molecule has 0 fully saturated rings. The van der Waals surface area contributed by atoms with Gasteiger partial charge in [-0.1, -0.05) is 20.8 Å². The maximum atomic E-state index is 12.3. The topological polar surface area (TPSA) is 74.8 Å². The van der Waals surface area contributed by atoms with E-state index < -0.39 is 10.0 Å². The van der Waals surface area contributed by atoms with Crippen LogP contribution in [-0.2, 0) is 15.4 Å². The van der Waals surface area contributed by atoms with Gasteiger partial charge < -0.3 is 0 Å². The van der Waals surface area contributed by atoms with E-state index in [1.807, 2.05) is 20.8 Å². The van der Waals surface area contributed by atoms with E-state index in [1.165, 1.54) is 11.3 Å². The van der Waals surface area contributed by atoms with Crippen LogP contribution in [0.3, 0.4) is 0 Å². The Morgan fingerprint density at radius 1 is 1.30 bits per heavy atom. The van der Waals surface area contributed by atoms with E-state index in [1.54, 1.807) is 12.1 Å². The highest BCUT2D eigenvalue weighted by molar-refractivity contribution is 9.12. The molecule has 110 valence electrons. The SMILES string of the molecule is CC(C)(C)c1cc(NS(=O)(=O)c2cc(Br)sc2Br)n[nH]1. The molecule has 0 unspecified atom stereocenters. The zero-order valence-electron chi connectivity index (χ0n) is 11.0. The maximum absolute atomic E-state index is 12.3. The average Bonchev–Trinajstić information content (AvgIpc) is 2.84. The Kier molecular flexibility index (Phi) is 4.35. The minimum atomic E-state index is -3.65. The second-order valence-corrected chi connectivity index (χ2v) is 10.6. The smallest absolute Gasteiger partial charge is 0.265 e. The zero-order valence-corrected chi connectivity index (χ0v) is 15.8. The van der Waals surface area contributed by atoms with Crippen molar-refractivity contribution in [3.8, 4) is 0 Å². The fourth-order valence-corrected chi connectivity index (χ4v) is 6.26. The molecule has 0 amide bonds. The summed E-state index contributed by atoms with van der Waals surface area (Å²) in [7, 11) is -3.65. The van der Waals surface area contributed by atoms with Crippen molar-refractivity contribution >= 4 is 59.0 Å². The maximum Gasteiger partial charge on any atom is 0.265 e. The Morgan fingerprint density at radius 2 is 1.95 bits per heavy atom. The minimum Gasteiger partial charge on any atom is -0.280 e. The summed E-state index contributed by atoms with van der Waals surface area (Å²) in [5.74, 6) is 0.282. The van der Waals surface area contributed by atoms with Crippen LogP contribution in [0.2, 0.25) is 0 Å². The molecule has 2 aromatic rings. The van der Waals surface area contributed by atoms with Gasteiger partial charge in [0.2, 0.25) is 0 Å². The number of halogens is 2. The van der Waals surface area contributed by atoms with Crippen molar-refractivity contribution in [1.29, 1.82) is 0 Å². The highest BCUT2D eigenvalue weighted by atomic mass is 79.9. The number of hydrogen-bond acceptors (Lipinski definition) is 4. The molecule has 0 saturated carbocycles. The number of H-pyrrole nitrogens is 1. The molecule has 2 heterocycles. The van der Waals surface area contributed by atoms with Crippen LogP contribution in [0, 0.1) is 0 Å². The molecule has 2 aromatic heterocycles. The second kappa shape index (κ2) is 5.43. The summed E-state index contributed by atoms with van der Waals surface area (Å²) in [6.07, 6.45) is 0. The van der Waals surface area contributed by atoms with Crippen LogP contribution in [0.4, 0.5) is 5.82 Å². The molecular weight excluding hydrogens is 430 g/mol. The molecule has 0 atom stereocenters. The third-order valence-corrected chi connectivity index (χ3v) is 6.65. The molecule has 0 aliphatic carbocycles. The number of anilines is 1. The third-order valence-electron chi connectivity index (χ3n) is 2.54. The highest BCUT2D eigenvalue weighted by Crippen LogP contribution is 2.35.